The van der Waals surface area contributed by atoms with Gasteiger partial charge >= 0.3 is 0 Å². The Morgan fingerprint density at radius 3 is 1.04 bits per heavy atom. The van der Waals surface area contributed by atoms with Gasteiger partial charge in [-0.2, -0.15) is 0 Å². The molecule has 0 fully saturated rings. The molecule has 0 N–H and O–H groups in total. The summed E-state index contributed by atoms with van der Waals surface area (Å²) in [6.45, 7) is 1.53. The molecule has 47 heavy (non-hydrogen) atoms. The number of ether oxygens (including phenoxy) is 2. The van der Waals surface area contributed by atoms with Crippen molar-refractivity contribution in [3.8, 4) is 23.0 Å². The van der Waals surface area contributed by atoms with Crippen LogP contribution in [0.15, 0.2) is 155 Å². The molecule has 0 amide bonds. The zero-order chi connectivity index (χ0) is 32.8. The molecule has 0 aliphatic rings. The Hall–Kier alpha value is -5.79. The van der Waals surface area contributed by atoms with Crippen LogP contribution in [0.3, 0.4) is 0 Å². The summed E-state index contributed by atoms with van der Waals surface area (Å²) in [5.41, 5.74) is 2.38. The third-order valence-corrected chi connectivity index (χ3v) is 8.26. The number of Topliss-reactive ketones (excluding diaryl/α,β-unsaturated/α-hetero) is 1. The first kappa shape index (κ1) is 31.2. The van der Waals surface area contributed by atoms with E-state index in [1.54, 1.807) is 84.6 Å². The number of carbonyl (C=O) groups excluding carboxylic acids is 3. The lowest BCUT2D eigenvalue weighted by molar-refractivity contribution is 0.101. The van der Waals surface area contributed by atoms with Gasteiger partial charge in [0.1, 0.15) is 28.8 Å². The Morgan fingerprint density at radius 2 is 0.702 bits per heavy atom. The van der Waals surface area contributed by atoms with Gasteiger partial charge in [-0.25, -0.2) is 4.39 Å². The summed E-state index contributed by atoms with van der Waals surface area (Å²) < 4.78 is 25.1. The van der Waals surface area contributed by atoms with Crippen LogP contribution in [-0.2, 0) is 0 Å². The van der Waals surface area contributed by atoms with E-state index >= 15 is 0 Å². The summed E-state index contributed by atoms with van der Waals surface area (Å²) in [7, 11) is 0. The standard InChI is InChI=1S/C40H27FO5S/c1-26(42)27-8-14-33(15-9-27)45-35-18-22-37(23-19-35)47-38-24-20-36(21-25-38)46-34-16-10-31(11-17-34)40(44)29-4-2-28(3-5-29)39(43)30-6-12-32(41)13-7-30/h2-25H,1H3. The Balaban J connectivity index is 1.02. The van der Waals surface area contributed by atoms with Crippen LogP contribution < -0.4 is 9.47 Å². The number of halogens is 1. The molecule has 230 valence electrons. The molecule has 0 unspecified atom stereocenters. The molecular weight excluding hydrogens is 612 g/mol. The molecule has 6 aromatic carbocycles. The zero-order valence-corrected chi connectivity index (χ0v) is 26.0. The maximum absolute atomic E-state index is 13.2. The third kappa shape index (κ3) is 7.90. The van der Waals surface area contributed by atoms with Crippen LogP contribution in [0.1, 0.15) is 49.1 Å². The SMILES string of the molecule is CC(=O)c1ccc(Oc2ccc(Sc3ccc(Oc4ccc(C(=O)c5ccc(C(=O)c6ccc(F)cc6)cc5)cc4)cc3)cc2)cc1. The Kier molecular flexibility index (Phi) is 9.36. The number of ketones is 3. The van der Waals surface area contributed by atoms with Gasteiger partial charge in [-0.15, -0.1) is 0 Å². The van der Waals surface area contributed by atoms with Crippen LogP contribution in [0.25, 0.3) is 0 Å². The van der Waals surface area contributed by atoms with Crippen molar-refractivity contribution in [1.29, 1.82) is 0 Å². The molecular formula is C40H27FO5S. The highest BCUT2D eigenvalue weighted by Gasteiger charge is 2.13. The first-order valence-corrected chi connectivity index (χ1v) is 15.5. The molecule has 0 aromatic heterocycles. The predicted molar refractivity (Wildman–Crippen MR) is 180 cm³/mol. The molecule has 5 nitrogen and oxygen atoms in total. The molecule has 0 bridgehead atoms. The molecule has 0 aliphatic carbocycles. The molecule has 6 aromatic rings. The van der Waals surface area contributed by atoms with Crippen molar-refractivity contribution >= 4 is 29.1 Å². The predicted octanol–water partition coefficient (Wildman–Crippen LogP) is 10.2. The van der Waals surface area contributed by atoms with E-state index in [4.69, 9.17) is 9.47 Å². The molecule has 0 heterocycles. The van der Waals surface area contributed by atoms with Gasteiger partial charge in [0.05, 0.1) is 0 Å². The van der Waals surface area contributed by atoms with Crippen LogP contribution in [0, 0.1) is 5.82 Å². The van der Waals surface area contributed by atoms with E-state index in [1.807, 2.05) is 48.5 Å². The van der Waals surface area contributed by atoms with Crippen molar-refractivity contribution in [2.75, 3.05) is 0 Å². The van der Waals surface area contributed by atoms with Crippen LogP contribution in [-0.4, -0.2) is 17.3 Å². The maximum atomic E-state index is 13.2. The zero-order valence-electron chi connectivity index (χ0n) is 25.2. The number of rotatable bonds is 11. The van der Waals surface area contributed by atoms with E-state index in [2.05, 4.69) is 0 Å². The van der Waals surface area contributed by atoms with E-state index in [0.29, 0.717) is 50.8 Å². The van der Waals surface area contributed by atoms with Gasteiger partial charge in [-0.3, -0.25) is 14.4 Å². The van der Waals surface area contributed by atoms with E-state index in [0.717, 1.165) is 9.79 Å². The van der Waals surface area contributed by atoms with E-state index in [9.17, 15) is 18.8 Å². The second-order valence-corrected chi connectivity index (χ2v) is 11.7. The second-order valence-electron chi connectivity index (χ2n) is 10.6. The van der Waals surface area contributed by atoms with E-state index < -0.39 is 5.82 Å². The first-order valence-electron chi connectivity index (χ1n) is 14.7. The molecule has 0 atom stereocenters. The minimum Gasteiger partial charge on any atom is -0.457 e. The highest BCUT2D eigenvalue weighted by atomic mass is 32.2. The van der Waals surface area contributed by atoms with Crippen LogP contribution >= 0.6 is 11.8 Å². The monoisotopic (exact) mass is 638 g/mol. The number of hydrogen-bond donors (Lipinski definition) is 0. The van der Waals surface area contributed by atoms with Gasteiger partial charge < -0.3 is 9.47 Å². The van der Waals surface area contributed by atoms with Gasteiger partial charge in [0, 0.05) is 37.6 Å². The molecule has 7 heteroatoms. The molecule has 0 saturated carbocycles. The first-order chi connectivity index (χ1) is 22.8. The van der Waals surface area contributed by atoms with Crippen LogP contribution in [0.5, 0.6) is 23.0 Å². The van der Waals surface area contributed by atoms with Gasteiger partial charge in [-0.1, -0.05) is 36.0 Å². The lowest BCUT2D eigenvalue weighted by atomic mass is 9.98. The average molecular weight is 639 g/mol. The third-order valence-electron chi connectivity index (χ3n) is 7.25. The molecule has 0 radical (unpaired) electrons. The van der Waals surface area contributed by atoms with Gasteiger partial charge in [0.15, 0.2) is 17.3 Å². The van der Waals surface area contributed by atoms with Crippen molar-refractivity contribution in [3.05, 3.63) is 179 Å². The fourth-order valence-electron chi connectivity index (χ4n) is 4.70. The summed E-state index contributed by atoms with van der Waals surface area (Å²) in [4.78, 5) is 39.2. The summed E-state index contributed by atoms with van der Waals surface area (Å²) in [5.74, 6) is 1.80. The minimum atomic E-state index is -0.408. The number of carbonyl (C=O) groups is 3. The lowest BCUT2D eigenvalue weighted by Gasteiger charge is -2.09. The van der Waals surface area contributed by atoms with Crippen molar-refractivity contribution in [2.24, 2.45) is 0 Å². The average Bonchev–Trinajstić information content (AvgIpc) is 3.10. The smallest absolute Gasteiger partial charge is 0.193 e. The Bertz CT molecular complexity index is 2020. The number of hydrogen-bond acceptors (Lipinski definition) is 6. The summed E-state index contributed by atoms with van der Waals surface area (Å²) in [6, 6.07) is 41.2. The normalized spacial score (nSPS) is 10.7. The maximum Gasteiger partial charge on any atom is 0.193 e. The van der Waals surface area contributed by atoms with Crippen LogP contribution in [0.4, 0.5) is 4.39 Å². The Labute approximate surface area is 275 Å². The van der Waals surface area contributed by atoms with Gasteiger partial charge in [0.2, 0.25) is 0 Å². The fourth-order valence-corrected chi connectivity index (χ4v) is 5.52. The highest BCUT2D eigenvalue weighted by Crippen LogP contribution is 2.32. The van der Waals surface area contributed by atoms with Crippen molar-refractivity contribution < 1.29 is 28.2 Å². The number of benzene rings is 6. The topological polar surface area (TPSA) is 69.7 Å². The van der Waals surface area contributed by atoms with Crippen LogP contribution in [0.2, 0.25) is 0 Å². The highest BCUT2D eigenvalue weighted by molar-refractivity contribution is 7.99. The summed E-state index contributed by atoms with van der Waals surface area (Å²) >= 11 is 1.61. The molecule has 0 spiro atoms. The quantitative estimate of drug-likeness (QED) is 0.132. The molecule has 0 saturated heterocycles. The Morgan fingerprint density at radius 1 is 0.426 bits per heavy atom. The van der Waals surface area contributed by atoms with Crippen molar-refractivity contribution in [2.45, 2.75) is 16.7 Å². The summed E-state index contributed by atoms with van der Waals surface area (Å²) in [6.07, 6.45) is 0. The van der Waals surface area contributed by atoms with Crippen molar-refractivity contribution in [3.63, 3.8) is 0 Å². The second kappa shape index (κ2) is 14.1. The van der Waals surface area contributed by atoms with E-state index in [1.165, 1.54) is 31.2 Å². The summed E-state index contributed by atoms with van der Waals surface area (Å²) in [5, 5.41) is 0. The lowest BCUT2D eigenvalue weighted by Crippen LogP contribution is -2.04. The fraction of sp³-hybridized carbons (Fsp3) is 0.0250. The van der Waals surface area contributed by atoms with E-state index in [-0.39, 0.29) is 17.3 Å². The minimum absolute atomic E-state index is 0.0159. The van der Waals surface area contributed by atoms with Gasteiger partial charge in [-0.05, 0) is 128 Å². The van der Waals surface area contributed by atoms with Gasteiger partial charge in [0.25, 0.3) is 0 Å². The molecule has 0 aliphatic heterocycles. The largest absolute Gasteiger partial charge is 0.457 e. The molecule has 6 rings (SSSR count). The van der Waals surface area contributed by atoms with Crippen molar-refractivity contribution in [1.82, 2.24) is 0 Å².